The maximum Gasteiger partial charge on any atom is 0.225 e. The zero-order valence-electron chi connectivity index (χ0n) is 18.7. The monoisotopic (exact) mass is 448 g/mol. The fourth-order valence-electron chi connectivity index (χ4n) is 5.15. The Kier molecular flexibility index (Phi) is 7.53. The molecule has 0 amide bonds. The number of piperidine rings is 1. The predicted octanol–water partition coefficient (Wildman–Crippen LogP) is 6.75. The predicted molar refractivity (Wildman–Crippen MR) is 130 cm³/mol. The molecule has 0 radical (unpaired) electrons. The van der Waals surface area contributed by atoms with Crippen LogP contribution in [0.5, 0.6) is 0 Å². The van der Waals surface area contributed by atoms with Gasteiger partial charge in [0.15, 0.2) is 0 Å². The highest BCUT2D eigenvalue weighted by Gasteiger charge is 2.42. The highest BCUT2D eigenvalue weighted by molar-refractivity contribution is 7.19. The van der Waals surface area contributed by atoms with Crippen LogP contribution in [0.15, 0.2) is 0 Å². The quantitative estimate of drug-likeness (QED) is 0.498. The van der Waals surface area contributed by atoms with Crippen molar-refractivity contribution in [1.82, 2.24) is 15.3 Å². The number of nitrogens with one attached hydrogen (secondary N) is 2. The van der Waals surface area contributed by atoms with Crippen molar-refractivity contribution in [3.05, 3.63) is 15.7 Å². The van der Waals surface area contributed by atoms with Gasteiger partial charge in [-0.05, 0) is 93.5 Å². The van der Waals surface area contributed by atoms with Crippen molar-refractivity contribution >= 4 is 39.0 Å². The van der Waals surface area contributed by atoms with E-state index in [1.807, 2.05) is 13.8 Å². The molecule has 3 heterocycles. The largest absolute Gasteiger partial charge is 0.367 e. The molecular formula is C24H37ClN4S. The van der Waals surface area contributed by atoms with E-state index >= 15 is 0 Å². The van der Waals surface area contributed by atoms with Gasteiger partial charge in [-0.25, -0.2) is 9.97 Å². The van der Waals surface area contributed by atoms with E-state index < -0.39 is 0 Å². The van der Waals surface area contributed by atoms with Crippen LogP contribution in [0, 0.1) is 5.41 Å². The summed E-state index contributed by atoms with van der Waals surface area (Å²) < 4.78 is 0. The van der Waals surface area contributed by atoms with Gasteiger partial charge >= 0.3 is 0 Å². The third-order valence-electron chi connectivity index (χ3n) is 7.10. The van der Waals surface area contributed by atoms with E-state index in [0.717, 1.165) is 16.1 Å². The molecule has 6 heteroatoms. The van der Waals surface area contributed by atoms with Crippen molar-refractivity contribution in [3.63, 3.8) is 0 Å². The van der Waals surface area contributed by atoms with E-state index in [0.29, 0.717) is 11.3 Å². The van der Waals surface area contributed by atoms with Gasteiger partial charge in [-0.2, -0.15) is 0 Å². The molecular weight excluding hydrogens is 412 g/mol. The SMILES string of the molecule is C1CC2(CCN1)CC2.CC.Clc1nc(NC2CCCCC2)c2c3c(sc2n1)CCC3. The number of anilines is 1. The molecule has 6 rings (SSSR count). The van der Waals surface area contributed by atoms with Crippen LogP contribution in [0.2, 0.25) is 5.28 Å². The first-order chi connectivity index (χ1) is 14.7. The summed E-state index contributed by atoms with van der Waals surface area (Å²) in [5.41, 5.74) is 2.34. The van der Waals surface area contributed by atoms with E-state index in [4.69, 9.17) is 11.6 Å². The second-order valence-corrected chi connectivity index (χ2v) is 10.5. The molecule has 2 aromatic heterocycles. The molecule has 0 unspecified atom stereocenters. The van der Waals surface area contributed by atoms with E-state index in [2.05, 4.69) is 20.6 Å². The lowest BCUT2D eigenvalue weighted by Crippen LogP contribution is -2.28. The van der Waals surface area contributed by atoms with Gasteiger partial charge in [-0.15, -0.1) is 11.3 Å². The zero-order chi connectivity index (χ0) is 21.0. The van der Waals surface area contributed by atoms with E-state index in [-0.39, 0.29) is 0 Å². The highest BCUT2D eigenvalue weighted by Crippen LogP contribution is 2.52. The molecule has 3 aliphatic carbocycles. The van der Waals surface area contributed by atoms with Crippen molar-refractivity contribution < 1.29 is 0 Å². The lowest BCUT2D eigenvalue weighted by molar-refractivity contribution is 0.353. The molecule has 4 aliphatic rings. The topological polar surface area (TPSA) is 49.8 Å². The van der Waals surface area contributed by atoms with Gasteiger partial charge in [0.1, 0.15) is 10.6 Å². The molecule has 0 aromatic carbocycles. The van der Waals surface area contributed by atoms with E-state index in [9.17, 15) is 0 Å². The summed E-state index contributed by atoms with van der Waals surface area (Å²) in [4.78, 5) is 11.5. The Bertz CT molecular complexity index is 831. The van der Waals surface area contributed by atoms with Crippen molar-refractivity contribution in [3.8, 4) is 0 Å². The molecule has 166 valence electrons. The second kappa shape index (κ2) is 10.1. The van der Waals surface area contributed by atoms with Crippen LogP contribution in [-0.2, 0) is 12.8 Å². The van der Waals surface area contributed by atoms with Gasteiger partial charge in [0, 0.05) is 10.9 Å². The summed E-state index contributed by atoms with van der Waals surface area (Å²) in [7, 11) is 0. The van der Waals surface area contributed by atoms with Gasteiger partial charge in [-0.3, -0.25) is 0 Å². The number of fused-ring (bicyclic) bond motifs is 3. The lowest BCUT2D eigenvalue weighted by atomic mass is 9.95. The molecule has 2 saturated carbocycles. The summed E-state index contributed by atoms with van der Waals surface area (Å²) in [6.07, 6.45) is 16.1. The molecule has 0 atom stereocenters. The van der Waals surface area contributed by atoms with Crippen molar-refractivity contribution in [2.75, 3.05) is 18.4 Å². The van der Waals surface area contributed by atoms with Gasteiger partial charge in [0.2, 0.25) is 5.28 Å². The molecule has 2 N–H and O–H groups in total. The number of halogens is 1. The number of nitrogens with zero attached hydrogens (tertiary/aromatic N) is 2. The highest BCUT2D eigenvalue weighted by atomic mass is 35.5. The summed E-state index contributed by atoms with van der Waals surface area (Å²) >= 11 is 7.91. The molecule has 1 aliphatic heterocycles. The maximum atomic E-state index is 6.11. The number of aromatic nitrogens is 2. The fraction of sp³-hybridized carbons (Fsp3) is 0.750. The molecule has 1 spiro atoms. The number of hydrogen-bond donors (Lipinski definition) is 2. The molecule has 30 heavy (non-hydrogen) atoms. The normalized spacial score (nSPS) is 22.0. The first-order valence-corrected chi connectivity index (χ1v) is 13.4. The summed E-state index contributed by atoms with van der Waals surface area (Å²) in [5.74, 6) is 0.978. The van der Waals surface area contributed by atoms with Crippen LogP contribution < -0.4 is 10.6 Å². The minimum absolute atomic E-state index is 0.371. The fourth-order valence-corrected chi connectivity index (χ4v) is 6.63. The number of hydrogen-bond acceptors (Lipinski definition) is 5. The Morgan fingerprint density at radius 2 is 1.70 bits per heavy atom. The average Bonchev–Trinajstić information content (AvgIpc) is 3.20. The van der Waals surface area contributed by atoms with Crippen LogP contribution >= 0.6 is 22.9 Å². The summed E-state index contributed by atoms with van der Waals surface area (Å²) in [6.45, 7) is 6.56. The number of rotatable bonds is 2. The molecule has 4 nitrogen and oxygen atoms in total. The Balaban J connectivity index is 0.000000181. The Hall–Kier alpha value is -0.910. The van der Waals surface area contributed by atoms with Gasteiger partial charge < -0.3 is 10.6 Å². The van der Waals surface area contributed by atoms with Crippen LogP contribution in [0.1, 0.15) is 88.5 Å². The number of aryl methyl sites for hydroxylation is 2. The second-order valence-electron chi connectivity index (χ2n) is 9.11. The van der Waals surface area contributed by atoms with Crippen molar-refractivity contribution in [1.29, 1.82) is 0 Å². The Morgan fingerprint density at radius 1 is 0.967 bits per heavy atom. The van der Waals surface area contributed by atoms with Gasteiger partial charge in [0.25, 0.3) is 0 Å². The molecule has 1 saturated heterocycles. The molecule has 2 aromatic rings. The molecule has 3 fully saturated rings. The van der Waals surface area contributed by atoms with Crippen molar-refractivity contribution in [2.24, 2.45) is 5.41 Å². The Labute approximate surface area is 190 Å². The van der Waals surface area contributed by atoms with Crippen molar-refractivity contribution in [2.45, 2.75) is 96.9 Å². The van der Waals surface area contributed by atoms with E-state index in [1.165, 1.54) is 106 Å². The maximum absolute atomic E-state index is 6.11. The third-order valence-corrected chi connectivity index (χ3v) is 8.46. The summed E-state index contributed by atoms with van der Waals surface area (Å²) in [6, 6.07) is 0.551. The van der Waals surface area contributed by atoms with Gasteiger partial charge in [-0.1, -0.05) is 33.1 Å². The lowest BCUT2D eigenvalue weighted by Gasteiger charge is -2.23. The molecule has 0 bridgehead atoms. The summed E-state index contributed by atoms with van der Waals surface area (Å²) in [5, 5.41) is 8.65. The van der Waals surface area contributed by atoms with Gasteiger partial charge in [0.05, 0.1) is 5.39 Å². The minimum Gasteiger partial charge on any atom is -0.367 e. The standard InChI is InChI=1S/C15H18ClN3S.C7H13N.C2H6/c16-15-18-13(17-9-5-2-1-3-6-9)12-10-7-4-8-11(10)20-14(12)19-15;1-2-7(1)3-5-8-6-4-7;1-2/h9H,1-8H2,(H,17,18,19);8H,1-6H2;1-2H3. The van der Waals surface area contributed by atoms with E-state index in [1.54, 1.807) is 11.3 Å². The number of thiophene rings is 1. The Morgan fingerprint density at radius 3 is 2.37 bits per heavy atom. The van der Waals surface area contributed by atoms with Crippen LogP contribution in [-0.4, -0.2) is 29.1 Å². The first-order valence-electron chi connectivity index (χ1n) is 12.2. The zero-order valence-corrected chi connectivity index (χ0v) is 20.2. The van der Waals surface area contributed by atoms with Crippen LogP contribution in [0.4, 0.5) is 5.82 Å². The third kappa shape index (κ3) is 5.11. The minimum atomic E-state index is 0.371. The average molecular weight is 449 g/mol. The smallest absolute Gasteiger partial charge is 0.225 e. The first kappa shape index (κ1) is 22.3. The van der Waals surface area contributed by atoms with Crippen LogP contribution in [0.25, 0.3) is 10.2 Å². The van der Waals surface area contributed by atoms with Crippen LogP contribution in [0.3, 0.4) is 0 Å².